The summed E-state index contributed by atoms with van der Waals surface area (Å²) in [5.74, 6) is -0.425. The molecule has 0 unspecified atom stereocenters. The molecule has 0 saturated heterocycles. The maximum atomic E-state index is 14.9. The molecule has 128 valence electrons. The van der Waals surface area contributed by atoms with Crippen molar-refractivity contribution in [2.45, 2.75) is 12.5 Å². The predicted octanol–water partition coefficient (Wildman–Crippen LogP) is 4.62. The Morgan fingerprint density at radius 2 is 2.00 bits per heavy atom. The van der Waals surface area contributed by atoms with E-state index in [1.165, 1.54) is 19.2 Å². The number of nitrogens with one attached hydrogen (secondary N) is 1. The molecule has 24 heavy (non-hydrogen) atoms. The van der Waals surface area contributed by atoms with Crippen LogP contribution in [0.4, 0.5) is 9.18 Å². The van der Waals surface area contributed by atoms with Gasteiger partial charge in [-0.25, -0.2) is 9.18 Å². The summed E-state index contributed by atoms with van der Waals surface area (Å²) in [7, 11) is 1.49. The largest absolute Gasteiger partial charge is 0.465 e. The summed E-state index contributed by atoms with van der Waals surface area (Å²) in [6.07, 6.45) is -0.984. The summed E-state index contributed by atoms with van der Waals surface area (Å²) >= 11 is 6.04. The average molecular weight is 354 g/mol. The van der Waals surface area contributed by atoms with Gasteiger partial charge in [-0.15, -0.1) is 0 Å². The smallest absolute Gasteiger partial charge is 0.405 e. The molecule has 0 saturated carbocycles. The summed E-state index contributed by atoms with van der Waals surface area (Å²) in [6.45, 7) is 0.266. The maximum absolute atomic E-state index is 14.9. The van der Waals surface area contributed by atoms with Crippen LogP contribution in [0.15, 0.2) is 42.5 Å². The molecule has 7 heteroatoms. The van der Waals surface area contributed by atoms with Gasteiger partial charge in [0.2, 0.25) is 0 Å². The third-order valence-electron chi connectivity index (χ3n) is 3.33. The molecule has 2 N–H and O–H groups in total. The number of hydrogen-bond donors (Lipinski definition) is 2. The molecule has 0 bridgehead atoms. The summed E-state index contributed by atoms with van der Waals surface area (Å²) in [6, 6.07) is 10.8. The molecule has 0 aliphatic rings. The van der Waals surface area contributed by atoms with Crippen molar-refractivity contribution in [3.8, 4) is 11.5 Å². The van der Waals surface area contributed by atoms with Gasteiger partial charge in [0, 0.05) is 19.3 Å². The molecule has 2 aromatic carbocycles. The molecular formula is C17H17ClFNO4. The van der Waals surface area contributed by atoms with Crippen LogP contribution >= 0.6 is 11.6 Å². The van der Waals surface area contributed by atoms with E-state index in [0.717, 1.165) is 0 Å². The van der Waals surface area contributed by atoms with E-state index in [2.05, 4.69) is 5.32 Å². The van der Waals surface area contributed by atoms with E-state index in [9.17, 15) is 9.18 Å². The van der Waals surface area contributed by atoms with Crippen LogP contribution in [0.2, 0.25) is 5.02 Å². The lowest BCUT2D eigenvalue weighted by Gasteiger charge is -2.19. The Bertz CT molecular complexity index is 696. The van der Waals surface area contributed by atoms with Crippen LogP contribution in [0.25, 0.3) is 0 Å². The van der Waals surface area contributed by atoms with E-state index in [1.807, 2.05) is 0 Å². The van der Waals surface area contributed by atoms with Crippen LogP contribution in [0.5, 0.6) is 11.5 Å². The number of halogens is 2. The Balaban J connectivity index is 2.36. The Morgan fingerprint density at radius 1 is 1.29 bits per heavy atom. The minimum absolute atomic E-state index is 0.0981. The molecule has 5 nitrogen and oxygen atoms in total. The molecule has 0 aromatic heterocycles. The Morgan fingerprint density at radius 3 is 2.62 bits per heavy atom. The molecule has 1 amide bonds. The third-order valence-corrected chi connectivity index (χ3v) is 3.62. The highest BCUT2D eigenvalue weighted by Gasteiger charge is 2.22. The lowest BCUT2D eigenvalue weighted by molar-refractivity contribution is 0.169. The van der Waals surface area contributed by atoms with E-state index < -0.39 is 18.0 Å². The second-order valence-electron chi connectivity index (χ2n) is 4.98. The Hall–Kier alpha value is -2.31. The van der Waals surface area contributed by atoms with Gasteiger partial charge in [-0.1, -0.05) is 35.9 Å². The first kappa shape index (κ1) is 18.0. The molecule has 1 atom stereocenters. The van der Waals surface area contributed by atoms with Gasteiger partial charge in [0.1, 0.15) is 5.75 Å². The minimum atomic E-state index is -1.25. The Kier molecular flexibility index (Phi) is 6.40. The van der Waals surface area contributed by atoms with E-state index >= 15 is 0 Å². The minimum Gasteiger partial charge on any atom is -0.465 e. The van der Waals surface area contributed by atoms with E-state index in [-0.39, 0.29) is 29.4 Å². The molecule has 0 aliphatic heterocycles. The molecule has 2 aromatic rings. The quantitative estimate of drug-likeness (QED) is 0.762. The number of carboxylic acid groups (broad SMARTS) is 1. The van der Waals surface area contributed by atoms with Gasteiger partial charge in [-0.3, -0.25) is 0 Å². The first-order valence-electron chi connectivity index (χ1n) is 7.22. The fraction of sp³-hybridized carbons (Fsp3) is 0.235. The van der Waals surface area contributed by atoms with Gasteiger partial charge < -0.3 is 19.9 Å². The van der Waals surface area contributed by atoms with Crippen molar-refractivity contribution < 1.29 is 23.8 Å². The summed E-state index contributed by atoms with van der Waals surface area (Å²) in [5, 5.41) is 11.3. The van der Waals surface area contributed by atoms with Crippen molar-refractivity contribution in [3.63, 3.8) is 0 Å². The van der Waals surface area contributed by atoms with Crippen molar-refractivity contribution in [2.24, 2.45) is 0 Å². The number of ether oxygens (including phenoxy) is 2. The van der Waals surface area contributed by atoms with E-state index in [0.29, 0.717) is 5.75 Å². The molecule has 0 heterocycles. The fourth-order valence-electron chi connectivity index (χ4n) is 2.21. The first-order chi connectivity index (χ1) is 11.5. The van der Waals surface area contributed by atoms with Crippen molar-refractivity contribution >= 4 is 17.7 Å². The number of benzene rings is 2. The van der Waals surface area contributed by atoms with Crippen LogP contribution in [-0.2, 0) is 4.74 Å². The zero-order valence-corrected chi connectivity index (χ0v) is 13.7. The number of para-hydroxylation sites is 1. The number of methoxy groups -OCH3 is 1. The standard InChI is InChI=1S/C17H17ClFNO4/c1-23-10-9-14(20-17(21)22)12-7-8-13(18)16(15(12)19)24-11-5-3-2-4-6-11/h2-8,14,20H,9-10H2,1H3,(H,21,22)/t14-/m1/s1. The molecule has 0 aliphatic carbocycles. The van der Waals surface area contributed by atoms with Gasteiger partial charge >= 0.3 is 6.09 Å². The lowest BCUT2D eigenvalue weighted by Crippen LogP contribution is -2.28. The zero-order chi connectivity index (χ0) is 17.5. The molecule has 0 fully saturated rings. The van der Waals surface area contributed by atoms with Crippen molar-refractivity contribution in [1.82, 2.24) is 5.32 Å². The predicted molar refractivity (Wildman–Crippen MR) is 88.3 cm³/mol. The highest BCUT2D eigenvalue weighted by molar-refractivity contribution is 6.32. The third kappa shape index (κ3) is 4.59. The van der Waals surface area contributed by atoms with Gasteiger partial charge in [0.05, 0.1) is 11.1 Å². The number of hydrogen-bond acceptors (Lipinski definition) is 3. The topological polar surface area (TPSA) is 67.8 Å². The van der Waals surface area contributed by atoms with Crippen LogP contribution in [0.3, 0.4) is 0 Å². The number of carbonyl (C=O) groups is 1. The highest BCUT2D eigenvalue weighted by Crippen LogP contribution is 2.36. The van der Waals surface area contributed by atoms with Gasteiger partial charge in [0.15, 0.2) is 11.6 Å². The van der Waals surface area contributed by atoms with Crippen molar-refractivity contribution in [2.75, 3.05) is 13.7 Å². The summed E-state index contributed by atoms with van der Waals surface area (Å²) in [5.41, 5.74) is 0.143. The van der Waals surface area contributed by atoms with Gasteiger partial charge in [-0.05, 0) is 24.6 Å². The monoisotopic (exact) mass is 353 g/mol. The fourth-order valence-corrected chi connectivity index (χ4v) is 2.39. The molecular weight excluding hydrogens is 337 g/mol. The summed E-state index contributed by atoms with van der Waals surface area (Å²) < 4.78 is 25.3. The SMILES string of the molecule is COCC[C@@H](NC(=O)O)c1ccc(Cl)c(Oc2ccccc2)c1F. The normalized spacial score (nSPS) is 11.8. The maximum Gasteiger partial charge on any atom is 0.405 e. The average Bonchev–Trinajstić information content (AvgIpc) is 2.56. The summed E-state index contributed by atoms with van der Waals surface area (Å²) in [4.78, 5) is 11.0. The van der Waals surface area contributed by atoms with Crippen LogP contribution < -0.4 is 10.1 Å². The van der Waals surface area contributed by atoms with Gasteiger partial charge in [0.25, 0.3) is 0 Å². The van der Waals surface area contributed by atoms with Gasteiger partial charge in [-0.2, -0.15) is 0 Å². The zero-order valence-electron chi connectivity index (χ0n) is 13.0. The molecule has 0 spiro atoms. The first-order valence-corrected chi connectivity index (χ1v) is 7.60. The van der Waals surface area contributed by atoms with Crippen molar-refractivity contribution in [3.05, 3.63) is 58.9 Å². The Labute approximate surface area is 144 Å². The van der Waals surface area contributed by atoms with Crippen LogP contribution in [0.1, 0.15) is 18.0 Å². The second kappa shape index (κ2) is 8.52. The second-order valence-corrected chi connectivity index (χ2v) is 5.39. The molecule has 0 radical (unpaired) electrons. The lowest BCUT2D eigenvalue weighted by atomic mass is 10.0. The van der Waals surface area contributed by atoms with E-state index in [1.54, 1.807) is 30.3 Å². The van der Waals surface area contributed by atoms with E-state index in [4.69, 9.17) is 26.2 Å². The van der Waals surface area contributed by atoms with Crippen LogP contribution in [-0.4, -0.2) is 24.9 Å². The van der Waals surface area contributed by atoms with Crippen LogP contribution in [0, 0.1) is 5.82 Å². The number of amides is 1. The highest BCUT2D eigenvalue weighted by atomic mass is 35.5. The number of rotatable bonds is 7. The van der Waals surface area contributed by atoms with Crippen molar-refractivity contribution in [1.29, 1.82) is 0 Å². The molecule has 2 rings (SSSR count).